The monoisotopic (exact) mass is 667 g/mol. The maximum absolute atomic E-state index is 6.59. The van der Waals surface area contributed by atoms with Gasteiger partial charge in [0.2, 0.25) is 0 Å². The van der Waals surface area contributed by atoms with Gasteiger partial charge in [0.15, 0.2) is 17.5 Å². The summed E-state index contributed by atoms with van der Waals surface area (Å²) in [7, 11) is 0. The Morgan fingerprint density at radius 2 is 1.21 bits per heavy atom. The van der Waals surface area contributed by atoms with E-state index in [1.54, 1.807) is 0 Å². The van der Waals surface area contributed by atoms with Gasteiger partial charge in [-0.3, -0.25) is 0 Å². The minimum atomic E-state index is -0.134. The molecule has 5 nitrogen and oxygen atoms in total. The van der Waals surface area contributed by atoms with Crippen molar-refractivity contribution in [3.63, 3.8) is 0 Å². The summed E-state index contributed by atoms with van der Waals surface area (Å²) < 4.78 is 12.8. The zero-order valence-corrected chi connectivity index (χ0v) is 27.9. The summed E-state index contributed by atoms with van der Waals surface area (Å²) in [6, 6.07) is 50.2. The van der Waals surface area contributed by atoms with Crippen LogP contribution in [0.25, 0.3) is 83.2 Å². The Hall–Kier alpha value is -6.85. The number of hydrogen-bond acceptors (Lipinski definition) is 5. The van der Waals surface area contributed by atoms with E-state index >= 15 is 0 Å². The van der Waals surface area contributed by atoms with Crippen molar-refractivity contribution >= 4 is 49.1 Å². The van der Waals surface area contributed by atoms with E-state index in [0.717, 1.165) is 66.5 Å². The molecule has 1 aliphatic heterocycles. The molecule has 2 aromatic heterocycles. The minimum absolute atomic E-state index is 0.0334. The molecule has 244 valence electrons. The van der Waals surface area contributed by atoms with Gasteiger partial charge in [-0.2, -0.15) is 0 Å². The average Bonchev–Trinajstić information content (AvgIpc) is 3.79. The second kappa shape index (κ2) is 11.3. The predicted molar refractivity (Wildman–Crippen MR) is 209 cm³/mol. The maximum atomic E-state index is 6.59. The number of allylic oxidation sites excluding steroid dienone is 2. The van der Waals surface area contributed by atoms with Crippen molar-refractivity contribution in [3.05, 3.63) is 175 Å². The lowest BCUT2D eigenvalue weighted by Gasteiger charge is -2.20. The zero-order chi connectivity index (χ0) is 34.2. The first-order valence-electron chi connectivity index (χ1n) is 17.6. The Morgan fingerprint density at radius 1 is 0.500 bits per heavy atom. The lowest BCUT2D eigenvalue weighted by atomic mass is 9.84. The van der Waals surface area contributed by atoms with Gasteiger partial charge >= 0.3 is 0 Å². The second-order valence-corrected chi connectivity index (χ2v) is 13.5. The van der Waals surface area contributed by atoms with E-state index in [4.69, 9.17) is 24.1 Å². The highest BCUT2D eigenvalue weighted by Crippen LogP contribution is 2.48. The third-order valence-electron chi connectivity index (χ3n) is 10.5. The van der Waals surface area contributed by atoms with E-state index in [0.29, 0.717) is 17.5 Å². The Labute approximate surface area is 299 Å². The van der Waals surface area contributed by atoms with Crippen LogP contribution in [0.1, 0.15) is 17.0 Å². The summed E-state index contributed by atoms with van der Waals surface area (Å²) in [4.78, 5) is 15.4. The van der Waals surface area contributed by atoms with Gasteiger partial charge in [0.25, 0.3) is 0 Å². The van der Waals surface area contributed by atoms with Gasteiger partial charge in [-0.15, -0.1) is 0 Å². The van der Waals surface area contributed by atoms with Crippen molar-refractivity contribution in [1.29, 1.82) is 0 Å². The number of ether oxygens (including phenoxy) is 1. The molecule has 2 unspecified atom stereocenters. The molecule has 2 atom stereocenters. The molecule has 52 heavy (non-hydrogen) atoms. The van der Waals surface area contributed by atoms with Crippen LogP contribution in [0.2, 0.25) is 0 Å². The first-order chi connectivity index (χ1) is 25.7. The van der Waals surface area contributed by atoms with E-state index in [2.05, 4.69) is 109 Å². The SMILES string of the molecule is C1=CC2Oc3cccc(-c4nc(-c5ccccc5)nc(-c5ccc6c(ccc7ccccc76)c5)n4)c3C2C=C1c1cccc2oc3ccccc3c12. The van der Waals surface area contributed by atoms with Gasteiger partial charge in [0.05, 0.1) is 0 Å². The van der Waals surface area contributed by atoms with E-state index in [1.165, 1.54) is 16.2 Å². The number of para-hydroxylation sites is 1. The minimum Gasteiger partial charge on any atom is -0.485 e. The molecule has 0 radical (unpaired) electrons. The van der Waals surface area contributed by atoms with E-state index in [1.807, 2.05) is 54.6 Å². The molecule has 2 aliphatic rings. The smallest absolute Gasteiger partial charge is 0.164 e. The Morgan fingerprint density at radius 3 is 2.13 bits per heavy atom. The van der Waals surface area contributed by atoms with E-state index in [-0.39, 0.29) is 12.0 Å². The van der Waals surface area contributed by atoms with Gasteiger partial charge < -0.3 is 9.15 Å². The highest BCUT2D eigenvalue weighted by Gasteiger charge is 2.36. The first-order valence-corrected chi connectivity index (χ1v) is 17.6. The molecule has 0 fully saturated rings. The number of benzene rings is 7. The molecule has 9 aromatic rings. The number of rotatable bonds is 4. The Balaban J connectivity index is 1.07. The van der Waals surface area contributed by atoms with Crippen LogP contribution in [0, 0.1) is 0 Å². The molecule has 0 N–H and O–H groups in total. The zero-order valence-electron chi connectivity index (χ0n) is 27.9. The molecule has 5 heteroatoms. The summed E-state index contributed by atoms with van der Waals surface area (Å²) >= 11 is 0. The van der Waals surface area contributed by atoms with Crippen LogP contribution < -0.4 is 4.74 Å². The number of fused-ring (bicyclic) bond motifs is 9. The number of nitrogens with zero attached hydrogens (tertiary/aromatic N) is 3. The van der Waals surface area contributed by atoms with Crippen molar-refractivity contribution in [2.45, 2.75) is 12.0 Å². The van der Waals surface area contributed by atoms with Crippen molar-refractivity contribution < 1.29 is 9.15 Å². The van der Waals surface area contributed by atoms with Gasteiger partial charge in [-0.25, -0.2) is 15.0 Å². The molecule has 0 spiro atoms. The van der Waals surface area contributed by atoms with Gasteiger partial charge in [0, 0.05) is 38.9 Å². The van der Waals surface area contributed by atoms with Crippen LogP contribution in [-0.4, -0.2) is 21.1 Å². The molecular formula is C47H29N3O2. The van der Waals surface area contributed by atoms with Crippen molar-refractivity contribution in [2.24, 2.45) is 0 Å². The summed E-state index contributed by atoms with van der Waals surface area (Å²) in [6.45, 7) is 0. The molecule has 0 bridgehead atoms. The summed E-state index contributed by atoms with van der Waals surface area (Å²) in [5.41, 5.74) is 7.94. The molecule has 0 amide bonds. The van der Waals surface area contributed by atoms with Gasteiger partial charge in [-0.05, 0) is 63.0 Å². The molecule has 3 heterocycles. The van der Waals surface area contributed by atoms with Gasteiger partial charge in [-0.1, -0.05) is 133 Å². The average molecular weight is 668 g/mol. The fraction of sp³-hybridized carbons (Fsp3) is 0.0426. The molecular weight excluding hydrogens is 639 g/mol. The second-order valence-electron chi connectivity index (χ2n) is 13.5. The maximum Gasteiger partial charge on any atom is 0.164 e. The highest BCUT2D eigenvalue weighted by atomic mass is 16.5. The van der Waals surface area contributed by atoms with Gasteiger partial charge in [0.1, 0.15) is 23.0 Å². The summed E-state index contributed by atoms with van der Waals surface area (Å²) in [5.74, 6) is 2.70. The third-order valence-corrected chi connectivity index (χ3v) is 10.5. The fourth-order valence-electron chi connectivity index (χ4n) is 8.04. The summed E-state index contributed by atoms with van der Waals surface area (Å²) in [5, 5.41) is 7.03. The Kier molecular flexibility index (Phi) is 6.31. The third kappa shape index (κ3) is 4.53. The normalized spacial score (nSPS) is 16.3. The molecule has 11 rings (SSSR count). The highest BCUT2D eigenvalue weighted by molar-refractivity contribution is 6.11. The van der Waals surface area contributed by atoms with Crippen molar-refractivity contribution in [2.75, 3.05) is 0 Å². The standard InChI is InChI=1S/C47H29N3O2/c1-2-11-29(12-3-1)45-48-46(32-22-24-34-30(26-32)21-20-28-10-4-5-13-33(28)34)50-47(49-45)37-16-9-19-42-44(37)38-27-31(23-25-40(38)52-42)35-15-8-18-41-43(35)36-14-6-7-17-39(36)51-41/h1-27,38,40H. The number of furan rings is 1. The predicted octanol–water partition coefficient (Wildman–Crippen LogP) is 11.6. The van der Waals surface area contributed by atoms with Crippen LogP contribution in [0.3, 0.4) is 0 Å². The quantitative estimate of drug-likeness (QED) is 0.175. The van der Waals surface area contributed by atoms with Crippen LogP contribution in [0.4, 0.5) is 0 Å². The molecule has 0 saturated carbocycles. The lowest BCUT2D eigenvalue weighted by molar-refractivity contribution is 0.269. The van der Waals surface area contributed by atoms with Crippen LogP contribution in [0.5, 0.6) is 5.75 Å². The van der Waals surface area contributed by atoms with E-state index < -0.39 is 0 Å². The molecule has 0 saturated heterocycles. The number of hydrogen-bond donors (Lipinski definition) is 0. The Bertz CT molecular complexity index is 2960. The molecule has 1 aliphatic carbocycles. The lowest BCUT2D eigenvalue weighted by Crippen LogP contribution is -2.17. The van der Waals surface area contributed by atoms with Crippen LogP contribution >= 0.6 is 0 Å². The van der Waals surface area contributed by atoms with Crippen LogP contribution in [0.15, 0.2) is 168 Å². The van der Waals surface area contributed by atoms with Crippen LogP contribution in [-0.2, 0) is 0 Å². The largest absolute Gasteiger partial charge is 0.485 e. The topological polar surface area (TPSA) is 61.0 Å². The molecule has 7 aromatic carbocycles. The van der Waals surface area contributed by atoms with Crippen molar-refractivity contribution in [1.82, 2.24) is 15.0 Å². The van der Waals surface area contributed by atoms with Crippen molar-refractivity contribution in [3.8, 4) is 39.9 Å². The fourth-order valence-corrected chi connectivity index (χ4v) is 8.04. The van der Waals surface area contributed by atoms with E-state index in [9.17, 15) is 0 Å². The first kappa shape index (κ1) is 28.9. The summed E-state index contributed by atoms with van der Waals surface area (Å²) in [6.07, 6.45) is 6.56. The number of aromatic nitrogens is 3.